The molecule has 4 heterocycles. The van der Waals surface area contributed by atoms with E-state index in [0.717, 1.165) is 16.7 Å². The number of hydrogen-bond donors (Lipinski definition) is 3. The van der Waals surface area contributed by atoms with Crippen LogP contribution in [0.2, 0.25) is 0 Å². The standard InChI is InChI=1S/C14H14N8O8S3/c23-7(1-21-5-15-19-20-21)16-9-11(24)22-10(13(25)26)6(2-31-12(9)22)3-32-14-18-17-8(30-14)4-33(27,28)29/h5,9,12H,1-4H2,(H,16,23)(H,25,26)(H,27,28,29)/t9?,12-/m1/s1. The Labute approximate surface area is 192 Å². The van der Waals surface area contributed by atoms with Gasteiger partial charge < -0.3 is 14.8 Å². The largest absolute Gasteiger partial charge is 0.477 e. The Balaban J connectivity index is 1.41. The summed E-state index contributed by atoms with van der Waals surface area (Å²) in [5, 5.41) is 29.2. The number of carboxylic acids is 1. The van der Waals surface area contributed by atoms with Crippen molar-refractivity contribution in [3.63, 3.8) is 0 Å². The van der Waals surface area contributed by atoms with Crippen LogP contribution < -0.4 is 5.32 Å². The highest BCUT2D eigenvalue weighted by atomic mass is 32.2. The Morgan fingerprint density at radius 2 is 2.15 bits per heavy atom. The number of nitrogens with one attached hydrogen (secondary N) is 1. The third kappa shape index (κ3) is 5.15. The van der Waals surface area contributed by atoms with Crippen LogP contribution in [0.3, 0.4) is 0 Å². The van der Waals surface area contributed by atoms with E-state index in [1.54, 1.807) is 0 Å². The van der Waals surface area contributed by atoms with Crippen molar-refractivity contribution in [1.29, 1.82) is 0 Å². The van der Waals surface area contributed by atoms with Gasteiger partial charge in [-0.15, -0.1) is 27.1 Å². The number of aliphatic carboxylic acids is 1. The van der Waals surface area contributed by atoms with Crippen molar-refractivity contribution in [3.05, 3.63) is 23.5 Å². The average molecular weight is 519 g/mol. The Morgan fingerprint density at radius 1 is 1.36 bits per heavy atom. The first kappa shape index (κ1) is 23.1. The van der Waals surface area contributed by atoms with E-state index in [1.807, 2.05) is 0 Å². The molecule has 0 spiro atoms. The van der Waals surface area contributed by atoms with E-state index in [2.05, 4.69) is 31.0 Å². The van der Waals surface area contributed by atoms with Gasteiger partial charge >= 0.3 is 5.97 Å². The third-order valence-electron chi connectivity index (χ3n) is 4.39. The maximum absolute atomic E-state index is 12.6. The van der Waals surface area contributed by atoms with Crippen molar-refractivity contribution in [3.8, 4) is 0 Å². The summed E-state index contributed by atoms with van der Waals surface area (Å²) in [6.07, 6.45) is 1.24. The van der Waals surface area contributed by atoms with E-state index in [4.69, 9.17) is 8.97 Å². The molecule has 0 saturated carbocycles. The first-order valence-electron chi connectivity index (χ1n) is 8.93. The summed E-state index contributed by atoms with van der Waals surface area (Å²) in [7, 11) is -4.34. The highest BCUT2D eigenvalue weighted by molar-refractivity contribution is 8.01. The number of fused-ring (bicyclic) bond motifs is 1. The molecule has 4 rings (SSSR count). The number of β-lactam (4-membered cyclic amide) rings is 1. The maximum Gasteiger partial charge on any atom is 0.352 e. The SMILES string of the molecule is O=C(Cn1cnnn1)NC1C(=O)N2C(C(=O)O)=C(CSc3nnc(CS(=O)(=O)O)o3)CS[C@H]12. The van der Waals surface area contributed by atoms with Crippen molar-refractivity contribution >= 4 is 51.4 Å². The van der Waals surface area contributed by atoms with Crippen LogP contribution in [0.4, 0.5) is 0 Å². The van der Waals surface area contributed by atoms with Crippen molar-refractivity contribution in [2.45, 2.75) is 28.9 Å². The van der Waals surface area contributed by atoms with Gasteiger partial charge in [-0.2, -0.15) is 8.42 Å². The lowest BCUT2D eigenvalue weighted by atomic mass is 10.0. The van der Waals surface area contributed by atoms with E-state index in [-0.39, 0.29) is 34.9 Å². The molecule has 1 fully saturated rings. The van der Waals surface area contributed by atoms with Gasteiger partial charge in [-0.05, 0) is 16.0 Å². The molecule has 33 heavy (non-hydrogen) atoms. The number of rotatable bonds is 9. The van der Waals surface area contributed by atoms with Crippen LogP contribution in [0.5, 0.6) is 0 Å². The molecule has 2 amide bonds. The van der Waals surface area contributed by atoms with Gasteiger partial charge in [0.25, 0.3) is 21.2 Å². The number of carbonyl (C=O) groups is 3. The number of thioether (sulfide) groups is 2. The number of nitrogens with zero attached hydrogens (tertiary/aromatic N) is 7. The van der Waals surface area contributed by atoms with Crippen LogP contribution in [0.25, 0.3) is 0 Å². The minimum Gasteiger partial charge on any atom is -0.477 e. The zero-order chi connectivity index (χ0) is 23.8. The zero-order valence-electron chi connectivity index (χ0n) is 16.3. The van der Waals surface area contributed by atoms with Crippen LogP contribution in [0.15, 0.2) is 27.2 Å². The van der Waals surface area contributed by atoms with E-state index in [0.29, 0.717) is 5.57 Å². The second-order valence-corrected chi connectivity index (χ2v) is 10.2. The Hall–Kier alpha value is -3.03. The predicted molar refractivity (Wildman–Crippen MR) is 108 cm³/mol. The molecule has 0 radical (unpaired) electrons. The molecule has 1 unspecified atom stereocenters. The number of aromatic nitrogens is 6. The van der Waals surface area contributed by atoms with Gasteiger partial charge in [0.2, 0.25) is 11.8 Å². The van der Waals surface area contributed by atoms with Gasteiger partial charge in [0.15, 0.2) is 5.75 Å². The first-order chi connectivity index (χ1) is 15.6. The smallest absolute Gasteiger partial charge is 0.352 e. The van der Waals surface area contributed by atoms with Crippen LogP contribution in [0, 0.1) is 0 Å². The van der Waals surface area contributed by atoms with Gasteiger partial charge in [0, 0.05) is 11.5 Å². The fraction of sp³-hybridized carbons (Fsp3) is 0.429. The minimum absolute atomic E-state index is 0.0271. The summed E-state index contributed by atoms with van der Waals surface area (Å²) in [5.41, 5.74) is 0.218. The second-order valence-electron chi connectivity index (χ2n) is 6.70. The lowest BCUT2D eigenvalue weighted by molar-refractivity contribution is -0.150. The Morgan fingerprint density at radius 3 is 2.82 bits per heavy atom. The molecule has 1 saturated heterocycles. The van der Waals surface area contributed by atoms with Crippen LogP contribution in [-0.4, -0.2) is 94.1 Å². The second kappa shape index (κ2) is 9.08. The van der Waals surface area contributed by atoms with Gasteiger partial charge in [0.1, 0.15) is 30.0 Å². The summed E-state index contributed by atoms with van der Waals surface area (Å²) in [5.74, 6) is -3.19. The first-order valence-corrected chi connectivity index (χ1v) is 12.6. The van der Waals surface area contributed by atoms with E-state index < -0.39 is 45.1 Å². The molecule has 176 valence electrons. The van der Waals surface area contributed by atoms with Crippen LogP contribution in [0.1, 0.15) is 5.89 Å². The molecular weight excluding hydrogens is 504 g/mol. The van der Waals surface area contributed by atoms with Gasteiger partial charge in [-0.1, -0.05) is 11.8 Å². The Kier molecular flexibility index (Phi) is 6.36. The topological polar surface area (TPSA) is 224 Å². The Bertz CT molecular complexity index is 1230. The molecule has 2 aromatic rings. The molecule has 2 aromatic heterocycles. The lowest BCUT2D eigenvalue weighted by Gasteiger charge is -2.49. The highest BCUT2D eigenvalue weighted by Gasteiger charge is 2.54. The van der Waals surface area contributed by atoms with E-state index in [9.17, 15) is 27.9 Å². The summed E-state index contributed by atoms with van der Waals surface area (Å²) >= 11 is 2.24. The number of carbonyl (C=O) groups excluding carboxylic acids is 2. The van der Waals surface area contributed by atoms with Crippen molar-refractivity contribution in [2.24, 2.45) is 0 Å². The molecule has 2 aliphatic heterocycles. The molecule has 19 heteroatoms. The number of carboxylic acid groups (broad SMARTS) is 1. The summed E-state index contributed by atoms with van der Waals surface area (Å²) in [6.45, 7) is -0.193. The fourth-order valence-electron chi connectivity index (χ4n) is 3.07. The molecule has 3 N–H and O–H groups in total. The van der Waals surface area contributed by atoms with Gasteiger partial charge in [-0.3, -0.25) is 19.0 Å². The predicted octanol–water partition coefficient (Wildman–Crippen LogP) is -2.03. The molecule has 0 bridgehead atoms. The van der Waals surface area contributed by atoms with Crippen molar-refractivity contribution in [2.75, 3.05) is 11.5 Å². The molecule has 0 aliphatic carbocycles. The molecule has 2 aliphatic rings. The van der Waals surface area contributed by atoms with E-state index >= 15 is 0 Å². The third-order valence-corrected chi connectivity index (χ3v) is 7.24. The molecular formula is C14H14N8O8S3. The van der Waals surface area contributed by atoms with E-state index in [1.165, 1.54) is 22.8 Å². The quantitative estimate of drug-likeness (QED) is 0.185. The van der Waals surface area contributed by atoms with Crippen molar-refractivity contribution in [1.82, 2.24) is 40.6 Å². The van der Waals surface area contributed by atoms with Crippen LogP contribution >= 0.6 is 23.5 Å². The van der Waals surface area contributed by atoms with Gasteiger partial charge in [0.05, 0.1) is 0 Å². The summed E-state index contributed by atoms with van der Waals surface area (Å²) < 4.78 is 36.9. The minimum atomic E-state index is -4.34. The zero-order valence-corrected chi connectivity index (χ0v) is 18.7. The molecule has 0 aromatic carbocycles. The van der Waals surface area contributed by atoms with Crippen molar-refractivity contribution < 1.29 is 36.9 Å². The molecule has 2 atom stereocenters. The number of hydrogen-bond acceptors (Lipinski definition) is 13. The average Bonchev–Trinajstić information content (AvgIpc) is 3.40. The highest BCUT2D eigenvalue weighted by Crippen LogP contribution is 2.41. The number of tetrazole rings is 1. The van der Waals surface area contributed by atoms with Crippen LogP contribution in [-0.2, 0) is 36.8 Å². The number of amides is 2. The lowest BCUT2D eigenvalue weighted by Crippen LogP contribution is -2.70. The fourth-order valence-corrected chi connectivity index (χ4v) is 5.77. The maximum atomic E-state index is 12.6. The monoisotopic (exact) mass is 518 g/mol. The molecule has 16 nitrogen and oxygen atoms in total. The normalized spacial score (nSPS) is 20.4. The summed E-state index contributed by atoms with van der Waals surface area (Å²) in [6, 6.07) is -0.888. The van der Waals surface area contributed by atoms with Gasteiger partial charge in [-0.25, -0.2) is 9.48 Å². The summed E-state index contributed by atoms with van der Waals surface area (Å²) in [4.78, 5) is 37.8.